The van der Waals surface area contributed by atoms with E-state index >= 15 is 0 Å². The van der Waals surface area contributed by atoms with Gasteiger partial charge in [-0.3, -0.25) is 0 Å². The van der Waals surface area contributed by atoms with Gasteiger partial charge in [-0.05, 0) is 0 Å². The summed E-state index contributed by atoms with van der Waals surface area (Å²) in [5, 5.41) is 8.05. The molecular formula is C4H3ClN2O. The maximum atomic E-state index is 8.05. The zero-order chi connectivity index (χ0) is 5.11. The van der Waals surface area contributed by atoms with Crippen molar-refractivity contribution in [1.29, 1.82) is 5.26 Å². The molecule has 1 aromatic rings. The molecule has 1 aromatic heterocycles. The van der Waals surface area contributed by atoms with Gasteiger partial charge in [0.2, 0.25) is 0 Å². The first-order valence-corrected chi connectivity index (χ1v) is 1.72. The van der Waals surface area contributed by atoms with E-state index in [1.807, 2.05) is 0 Å². The van der Waals surface area contributed by atoms with Crippen LogP contribution >= 0.6 is 12.4 Å². The van der Waals surface area contributed by atoms with Crippen molar-refractivity contribution in [3.8, 4) is 6.07 Å². The predicted octanol–water partition coefficient (Wildman–Crippen LogP) is 0.968. The largest absolute Gasteiger partial charge is 0.450 e. The molecule has 0 spiro atoms. The smallest absolute Gasteiger partial charge is 0.181 e. The summed E-state index contributed by atoms with van der Waals surface area (Å²) in [4.78, 5) is 3.51. The summed E-state index contributed by atoms with van der Waals surface area (Å²) in [6.45, 7) is 0. The van der Waals surface area contributed by atoms with Gasteiger partial charge in [-0.1, -0.05) is 0 Å². The van der Waals surface area contributed by atoms with Crippen LogP contribution in [-0.4, -0.2) is 4.98 Å². The molecule has 0 saturated heterocycles. The van der Waals surface area contributed by atoms with E-state index in [9.17, 15) is 0 Å². The minimum absolute atomic E-state index is 0. The number of hydrogen-bond acceptors (Lipinski definition) is 3. The standard InChI is InChI=1S/C4H2N2O.ClH/c5-1-4-2-7-3-6-4;/h2-3H;1H. The number of aromatic nitrogens is 1. The second-order valence-electron chi connectivity index (χ2n) is 0.985. The Morgan fingerprint density at radius 2 is 2.50 bits per heavy atom. The Bertz CT molecular complexity index is 176. The molecule has 1 heterocycles. The number of nitriles is 1. The first kappa shape index (κ1) is 6.99. The average Bonchev–Trinajstić information content (AvgIpc) is 2.14. The molecule has 8 heavy (non-hydrogen) atoms. The molecule has 0 atom stereocenters. The number of halogens is 1. The molecule has 0 saturated carbocycles. The highest BCUT2D eigenvalue weighted by Crippen LogP contribution is 1.87. The SMILES string of the molecule is Cl.N#Cc1cocn1. The first-order chi connectivity index (χ1) is 3.43. The van der Waals surface area contributed by atoms with Gasteiger partial charge >= 0.3 is 0 Å². The maximum absolute atomic E-state index is 8.05. The number of nitrogens with zero attached hydrogens (tertiary/aromatic N) is 2. The van der Waals surface area contributed by atoms with Gasteiger partial charge in [0, 0.05) is 0 Å². The van der Waals surface area contributed by atoms with Crippen molar-refractivity contribution in [3.63, 3.8) is 0 Å². The third kappa shape index (κ3) is 1.24. The van der Waals surface area contributed by atoms with E-state index in [0.29, 0.717) is 5.69 Å². The summed E-state index contributed by atoms with van der Waals surface area (Å²) >= 11 is 0. The highest BCUT2D eigenvalue weighted by molar-refractivity contribution is 5.85. The topological polar surface area (TPSA) is 49.8 Å². The minimum atomic E-state index is 0. The summed E-state index contributed by atoms with van der Waals surface area (Å²) in [6.07, 6.45) is 2.51. The lowest BCUT2D eigenvalue weighted by Gasteiger charge is -1.58. The Kier molecular flexibility index (Phi) is 2.67. The molecule has 0 amide bonds. The normalized spacial score (nSPS) is 6.88. The molecule has 0 fully saturated rings. The fourth-order valence-corrected chi connectivity index (χ4v) is 0.268. The quantitative estimate of drug-likeness (QED) is 0.526. The van der Waals surface area contributed by atoms with Crippen molar-refractivity contribution in [2.45, 2.75) is 0 Å². The Morgan fingerprint density at radius 3 is 2.75 bits per heavy atom. The van der Waals surface area contributed by atoms with Gasteiger partial charge in [0.25, 0.3) is 0 Å². The van der Waals surface area contributed by atoms with Crippen molar-refractivity contribution >= 4 is 12.4 Å². The first-order valence-electron chi connectivity index (χ1n) is 1.72. The summed E-state index contributed by atoms with van der Waals surface area (Å²) in [7, 11) is 0. The molecule has 0 bridgehead atoms. The zero-order valence-electron chi connectivity index (χ0n) is 3.87. The minimum Gasteiger partial charge on any atom is -0.450 e. The molecule has 0 aromatic carbocycles. The van der Waals surface area contributed by atoms with Crippen LogP contribution in [0.5, 0.6) is 0 Å². The number of hydrogen-bond donors (Lipinski definition) is 0. The third-order valence-electron chi connectivity index (χ3n) is 0.547. The summed E-state index contributed by atoms with van der Waals surface area (Å²) in [5.41, 5.74) is 0.319. The molecular weight excluding hydrogens is 128 g/mol. The zero-order valence-corrected chi connectivity index (χ0v) is 4.68. The van der Waals surface area contributed by atoms with E-state index in [-0.39, 0.29) is 12.4 Å². The fourth-order valence-electron chi connectivity index (χ4n) is 0.268. The van der Waals surface area contributed by atoms with Gasteiger partial charge in [-0.15, -0.1) is 12.4 Å². The van der Waals surface area contributed by atoms with Crippen LogP contribution in [-0.2, 0) is 0 Å². The van der Waals surface area contributed by atoms with E-state index in [0.717, 1.165) is 0 Å². The molecule has 0 aliphatic heterocycles. The Balaban J connectivity index is 0.000000490. The van der Waals surface area contributed by atoms with E-state index in [2.05, 4.69) is 9.40 Å². The Morgan fingerprint density at radius 1 is 1.75 bits per heavy atom. The highest BCUT2D eigenvalue weighted by atomic mass is 35.5. The van der Waals surface area contributed by atoms with Crippen molar-refractivity contribution in [2.24, 2.45) is 0 Å². The lowest BCUT2D eigenvalue weighted by atomic mass is 10.6. The highest BCUT2D eigenvalue weighted by Gasteiger charge is 1.85. The van der Waals surface area contributed by atoms with Gasteiger partial charge in [-0.2, -0.15) is 5.26 Å². The molecule has 42 valence electrons. The second kappa shape index (κ2) is 3.05. The summed E-state index contributed by atoms with van der Waals surface area (Å²) < 4.78 is 4.47. The average molecular weight is 131 g/mol. The van der Waals surface area contributed by atoms with Crippen LogP contribution in [0.3, 0.4) is 0 Å². The van der Waals surface area contributed by atoms with Crippen LogP contribution in [0, 0.1) is 11.3 Å². The van der Waals surface area contributed by atoms with Crippen LogP contribution in [0.1, 0.15) is 5.69 Å². The van der Waals surface area contributed by atoms with Gasteiger partial charge in [0.05, 0.1) is 0 Å². The second-order valence-corrected chi connectivity index (χ2v) is 0.985. The van der Waals surface area contributed by atoms with Gasteiger partial charge < -0.3 is 4.42 Å². The van der Waals surface area contributed by atoms with Gasteiger partial charge in [-0.25, -0.2) is 4.98 Å². The summed E-state index contributed by atoms with van der Waals surface area (Å²) in [6, 6.07) is 1.80. The number of rotatable bonds is 0. The van der Waals surface area contributed by atoms with E-state index in [1.165, 1.54) is 12.7 Å². The van der Waals surface area contributed by atoms with Crippen LogP contribution < -0.4 is 0 Å². The van der Waals surface area contributed by atoms with Crippen molar-refractivity contribution in [1.82, 2.24) is 4.98 Å². The lowest BCUT2D eigenvalue weighted by molar-refractivity contribution is 0.557. The molecule has 1 rings (SSSR count). The molecule has 3 nitrogen and oxygen atoms in total. The van der Waals surface area contributed by atoms with E-state index < -0.39 is 0 Å². The molecule has 0 aliphatic carbocycles. The van der Waals surface area contributed by atoms with Crippen molar-refractivity contribution < 1.29 is 4.42 Å². The molecule has 0 aliphatic rings. The van der Waals surface area contributed by atoms with Crippen molar-refractivity contribution in [3.05, 3.63) is 18.4 Å². The molecule has 0 N–H and O–H groups in total. The Hall–Kier alpha value is -1.01. The maximum Gasteiger partial charge on any atom is 0.181 e. The third-order valence-corrected chi connectivity index (χ3v) is 0.547. The van der Waals surface area contributed by atoms with Crippen LogP contribution in [0.15, 0.2) is 17.1 Å². The number of oxazole rings is 1. The van der Waals surface area contributed by atoms with E-state index in [1.54, 1.807) is 6.07 Å². The van der Waals surface area contributed by atoms with Crippen LogP contribution in [0.2, 0.25) is 0 Å². The monoisotopic (exact) mass is 130 g/mol. The fraction of sp³-hybridized carbons (Fsp3) is 0. The predicted molar refractivity (Wildman–Crippen MR) is 28.5 cm³/mol. The van der Waals surface area contributed by atoms with Crippen molar-refractivity contribution in [2.75, 3.05) is 0 Å². The molecule has 4 heteroatoms. The van der Waals surface area contributed by atoms with Crippen LogP contribution in [0.25, 0.3) is 0 Å². The van der Waals surface area contributed by atoms with Gasteiger partial charge in [0.1, 0.15) is 12.3 Å². The van der Waals surface area contributed by atoms with Crippen LogP contribution in [0.4, 0.5) is 0 Å². The summed E-state index contributed by atoms with van der Waals surface area (Å²) in [5.74, 6) is 0. The van der Waals surface area contributed by atoms with Gasteiger partial charge in [0.15, 0.2) is 12.1 Å². The van der Waals surface area contributed by atoms with E-state index in [4.69, 9.17) is 5.26 Å². The lowest BCUT2D eigenvalue weighted by Crippen LogP contribution is -1.64. The Labute approximate surface area is 52.4 Å². The molecule has 0 radical (unpaired) electrons. The molecule has 0 unspecified atom stereocenters.